The van der Waals surface area contributed by atoms with Crippen molar-refractivity contribution in [1.82, 2.24) is 0 Å². The Morgan fingerprint density at radius 3 is 2.65 bits per heavy atom. The van der Waals surface area contributed by atoms with E-state index >= 15 is 0 Å². The zero-order valence-electron chi connectivity index (χ0n) is 10.7. The fourth-order valence-electron chi connectivity index (χ4n) is 1.69. The second kappa shape index (κ2) is 7.28. The Labute approximate surface area is 103 Å². The Balaban J connectivity index is 2.42. The van der Waals surface area contributed by atoms with Crippen molar-refractivity contribution in [2.75, 3.05) is 6.61 Å². The van der Waals surface area contributed by atoms with Gasteiger partial charge in [-0.15, -0.1) is 0 Å². The summed E-state index contributed by atoms with van der Waals surface area (Å²) >= 11 is 0. The van der Waals surface area contributed by atoms with Crippen LogP contribution in [0.5, 0.6) is 5.75 Å². The minimum Gasteiger partial charge on any atom is -0.493 e. The molecule has 0 amide bonds. The summed E-state index contributed by atoms with van der Waals surface area (Å²) in [6, 6.07) is 4.61. The number of hydrogen-bond donors (Lipinski definition) is 1. The molecule has 0 aliphatic heterocycles. The molecule has 1 aromatic carbocycles. The molecule has 2 N–H and O–H groups in total. The Kier molecular flexibility index (Phi) is 5.98. The van der Waals surface area contributed by atoms with Gasteiger partial charge in [-0.05, 0) is 19.4 Å². The average Bonchev–Trinajstić information content (AvgIpc) is 2.28. The van der Waals surface area contributed by atoms with Crippen molar-refractivity contribution in [2.24, 2.45) is 5.73 Å². The lowest BCUT2D eigenvalue weighted by atomic mass is 10.1. The summed E-state index contributed by atoms with van der Waals surface area (Å²) in [6.45, 7) is 4.59. The van der Waals surface area contributed by atoms with E-state index in [1.54, 1.807) is 19.1 Å². The van der Waals surface area contributed by atoms with Crippen LogP contribution in [-0.4, -0.2) is 6.61 Å². The van der Waals surface area contributed by atoms with Crippen LogP contribution in [0, 0.1) is 5.82 Å². The number of rotatable bonds is 7. The topological polar surface area (TPSA) is 35.2 Å². The molecule has 0 aliphatic rings. The molecule has 0 aromatic heterocycles. The van der Waals surface area contributed by atoms with Gasteiger partial charge in [-0.3, -0.25) is 0 Å². The lowest BCUT2D eigenvalue weighted by molar-refractivity contribution is 0.303. The Bertz CT molecular complexity index is 339. The molecule has 0 unspecified atom stereocenters. The quantitative estimate of drug-likeness (QED) is 0.734. The molecule has 1 rings (SSSR count). The lowest BCUT2D eigenvalue weighted by Gasteiger charge is -2.10. The molecule has 0 spiro atoms. The van der Waals surface area contributed by atoms with Gasteiger partial charge < -0.3 is 10.5 Å². The van der Waals surface area contributed by atoms with Crippen LogP contribution in [-0.2, 0) is 0 Å². The average molecular weight is 239 g/mol. The predicted molar refractivity (Wildman–Crippen MR) is 68.6 cm³/mol. The van der Waals surface area contributed by atoms with Crippen LogP contribution in [0.25, 0.3) is 0 Å². The molecule has 1 atom stereocenters. The van der Waals surface area contributed by atoms with Crippen molar-refractivity contribution in [3.63, 3.8) is 0 Å². The van der Waals surface area contributed by atoms with Gasteiger partial charge in [-0.2, -0.15) is 0 Å². The van der Waals surface area contributed by atoms with Gasteiger partial charge in [-0.1, -0.05) is 32.3 Å². The third-order valence-corrected chi connectivity index (χ3v) is 2.73. The second-order valence-electron chi connectivity index (χ2n) is 4.38. The summed E-state index contributed by atoms with van der Waals surface area (Å²) in [4.78, 5) is 0. The molecule has 2 nitrogen and oxygen atoms in total. The van der Waals surface area contributed by atoms with E-state index in [1.807, 2.05) is 0 Å². The second-order valence-corrected chi connectivity index (χ2v) is 4.38. The molecule has 0 saturated heterocycles. The first kappa shape index (κ1) is 14.0. The number of hydrogen-bond acceptors (Lipinski definition) is 2. The van der Waals surface area contributed by atoms with Gasteiger partial charge in [0.2, 0.25) is 0 Å². The van der Waals surface area contributed by atoms with Crippen molar-refractivity contribution in [3.05, 3.63) is 29.6 Å². The summed E-state index contributed by atoms with van der Waals surface area (Å²) in [5.41, 5.74) is 6.17. The van der Waals surface area contributed by atoms with Crippen molar-refractivity contribution < 1.29 is 9.13 Å². The number of unbranched alkanes of at least 4 members (excludes halogenated alkanes) is 3. The molecule has 3 heteroatoms. The van der Waals surface area contributed by atoms with E-state index in [0.717, 1.165) is 12.8 Å². The third kappa shape index (κ3) is 4.73. The van der Waals surface area contributed by atoms with Gasteiger partial charge in [0.05, 0.1) is 6.61 Å². The number of ether oxygens (including phenoxy) is 1. The molecular weight excluding hydrogens is 217 g/mol. The van der Waals surface area contributed by atoms with Crippen molar-refractivity contribution in [3.8, 4) is 5.75 Å². The van der Waals surface area contributed by atoms with Gasteiger partial charge in [0.1, 0.15) is 11.6 Å². The minimum atomic E-state index is -0.286. The monoisotopic (exact) mass is 239 g/mol. The third-order valence-electron chi connectivity index (χ3n) is 2.73. The number of nitrogens with two attached hydrogens (primary N) is 1. The normalized spacial score (nSPS) is 12.5. The fraction of sp³-hybridized carbons (Fsp3) is 0.571. The molecule has 0 saturated carbocycles. The van der Waals surface area contributed by atoms with Crippen molar-refractivity contribution in [2.45, 2.75) is 45.6 Å². The van der Waals surface area contributed by atoms with E-state index in [0.29, 0.717) is 17.9 Å². The molecule has 0 aliphatic carbocycles. The molecule has 0 fully saturated rings. The van der Waals surface area contributed by atoms with E-state index in [2.05, 4.69) is 6.92 Å². The molecule has 0 radical (unpaired) electrons. The Morgan fingerprint density at radius 2 is 2.06 bits per heavy atom. The van der Waals surface area contributed by atoms with E-state index in [-0.39, 0.29) is 11.9 Å². The van der Waals surface area contributed by atoms with Crippen LogP contribution in [0.4, 0.5) is 4.39 Å². The smallest absolute Gasteiger partial charge is 0.131 e. The zero-order chi connectivity index (χ0) is 12.7. The van der Waals surface area contributed by atoms with Crippen LogP contribution in [0.2, 0.25) is 0 Å². The summed E-state index contributed by atoms with van der Waals surface area (Å²) in [7, 11) is 0. The molecule has 1 aromatic rings. The Morgan fingerprint density at radius 1 is 1.29 bits per heavy atom. The van der Waals surface area contributed by atoms with E-state index in [1.165, 1.54) is 18.9 Å². The van der Waals surface area contributed by atoms with Gasteiger partial charge in [0.15, 0.2) is 0 Å². The summed E-state index contributed by atoms with van der Waals surface area (Å²) in [5, 5.41) is 0. The first-order chi connectivity index (χ1) is 8.15. The fourth-order valence-corrected chi connectivity index (χ4v) is 1.69. The van der Waals surface area contributed by atoms with Crippen LogP contribution in [0.1, 0.15) is 51.1 Å². The first-order valence-corrected chi connectivity index (χ1v) is 6.33. The summed E-state index contributed by atoms with van der Waals surface area (Å²) in [6.07, 6.45) is 4.61. The highest BCUT2D eigenvalue weighted by Gasteiger charge is 2.07. The predicted octanol–water partition coefficient (Wildman–Crippen LogP) is 3.80. The number of benzene rings is 1. The van der Waals surface area contributed by atoms with Gasteiger partial charge >= 0.3 is 0 Å². The maximum absolute atomic E-state index is 13.6. The van der Waals surface area contributed by atoms with Crippen LogP contribution in [0.3, 0.4) is 0 Å². The zero-order valence-corrected chi connectivity index (χ0v) is 10.7. The highest BCUT2D eigenvalue weighted by atomic mass is 19.1. The molecule has 96 valence electrons. The maximum Gasteiger partial charge on any atom is 0.131 e. The highest BCUT2D eigenvalue weighted by molar-refractivity contribution is 5.30. The maximum atomic E-state index is 13.6. The van der Waals surface area contributed by atoms with E-state index < -0.39 is 0 Å². The standard InChI is InChI=1S/C14H22FNO/c1-3-4-5-6-9-17-12-7-8-13(11(2)16)14(15)10-12/h7-8,10-11H,3-6,9,16H2,1-2H3/t11-/m1/s1. The van der Waals surface area contributed by atoms with Gasteiger partial charge in [-0.25, -0.2) is 4.39 Å². The van der Waals surface area contributed by atoms with Crippen LogP contribution in [0.15, 0.2) is 18.2 Å². The molecule has 0 bridgehead atoms. The lowest BCUT2D eigenvalue weighted by Crippen LogP contribution is -2.07. The largest absolute Gasteiger partial charge is 0.493 e. The SMILES string of the molecule is CCCCCCOc1ccc([C@@H](C)N)c(F)c1. The minimum absolute atomic E-state index is 0.284. The summed E-state index contributed by atoms with van der Waals surface area (Å²) < 4.78 is 19.1. The highest BCUT2D eigenvalue weighted by Crippen LogP contribution is 2.20. The van der Waals surface area contributed by atoms with Crippen molar-refractivity contribution in [1.29, 1.82) is 0 Å². The van der Waals surface area contributed by atoms with E-state index in [9.17, 15) is 4.39 Å². The summed E-state index contributed by atoms with van der Waals surface area (Å²) in [5.74, 6) is 0.300. The molecular formula is C14H22FNO. The van der Waals surface area contributed by atoms with Crippen molar-refractivity contribution >= 4 is 0 Å². The van der Waals surface area contributed by atoms with Crippen LogP contribution < -0.4 is 10.5 Å². The number of halogens is 1. The first-order valence-electron chi connectivity index (χ1n) is 6.33. The Hall–Kier alpha value is -1.09. The molecule has 0 heterocycles. The van der Waals surface area contributed by atoms with Gasteiger partial charge in [0.25, 0.3) is 0 Å². The van der Waals surface area contributed by atoms with E-state index in [4.69, 9.17) is 10.5 Å². The molecule has 17 heavy (non-hydrogen) atoms. The van der Waals surface area contributed by atoms with Crippen LogP contribution >= 0.6 is 0 Å². The van der Waals surface area contributed by atoms with Gasteiger partial charge in [0, 0.05) is 17.7 Å².